The highest BCUT2D eigenvalue weighted by Crippen LogP contribution is 2.25. The molecular weight excluding hydrogens is 380 g/mol. The number of carbonyl (C=O) groups is 1. The molecule has 2 heterocycles. The Morgan fingerprint density at radius 2 is 1.90 bits per heavy atom. The van der Waals surface area contributed by atoms with Crippen molar-refractivity contribution in [2.45, 2.75) is 19.3 Å². The molecule has 0 radical (unpaired) electrons. The largest absolute Gasteiger partial charge is 0.457 e. The third kappa shape index (κ3) is 5.26. The molecule has 1 amide bonds. The predicted octanol–water partition coefficient (Wildman–Crippen LogP) is 3.81. The number of nitrogens with one attached hydrogen (secondary N) is 2. The predicted molar refractivity (Wildman–Crippen MR) is 116 cm³/mol. The van der Waals surface area contributed by atoms with E-state index in [1.807, 2.05) is 54.6 Å². The van der Waals surface area contributed by atoms with Gasteiger partial charge < -0.3 is 15.0 Å². The van der Waals surface area contributed by atoms with Crippen molar-refractivity contribution in [2.24, 2.45) is 5.92 Å². The average Bonchev–Trinajstić information content (AvgIpc) is 2.76. The molecule has 7 nitrogen and oxygen atoms in total. The molecule has 1 atom stereocenters. The third-order valence-corrected chi connectivity index (χ3v) is 5.13. The number of rotatable bonds is 6. The first-order chi connectivity index (χ1) is 14.7. The van der Waals surface area contributed by atoms with Gasteiger partial charge in [0.25, 0.3) is 5.56 Å². The van der Waals surface area contributed by atoms with Crippen LogP contribution < -0.4 is 20.5 Å². The number of H-pyrrole nitrogens is 1. The van der Waals surface area contributed by atoms with E-state index in [2.05, 4.69) is 20.4 Å². The number of anilines is 2. The van der Waals surface area contributed by atoms with Crippen LogP contribution in [0.1, 0.15) is 19.3 Å². The van der Waals surface area contributed by atoms with Crippen molar-refractivity contribution < 1.29 is 9.53 Å². The summed E-state index contributed by atoms with van der Waals surface area (Å²) < 4.78 is 5.77. The van der Waals surface area contributed by atoms with Gasteiger partial charge in [-0.15, -0.1) is 0 Å². The van der Waals surface area contributed by atoms with E-state index in [-0.39, 0.29) is 17.4 Å². The Morgan fingerprint density at radius 3 is 2.67 bits per heavy atom. The number of ether oxygens (including phenoxy) is 1. The molecule has 0 bridgehead atoms. The van der Waals surface area contributed by atoms with Crippen molar-refractivity contribution in [1.29, 1.82) is 0 Å². The number of benzene rings is 2. The standard InChI is InChI=1S/C23H24N4O3/c28-22(13-17-5-4-12-27(16-17)19-14-23(29)26-24-15-19)25-18-8-10-21(11-9-18)30-20-6-2-1-3-7-20/h1-3,6-11,14-15,17H,4-5,12-13,16H2,(H,25,28)(H,26,29). The van der Waals surface area contributed by atoms with E-state index in [9.17, 15) is 9.59 Å². The van der Waals surface area contributed by atoms with Crippen molar-refractivity contribution in [1.82, 2.24) is 10.2 Å². The lowest BCUT2D eigenvalue weighted by molar-refractivity contribution is -0.117. The van der Waals surface area contributed by atoms with E-state index < -0.39 is 0 Å². The number of nitrogens with zero attached hydrogens (tertiary/aromatic N) is 2. The van der Waals surface area contributed by atoms with Crippen LogP contribution in [0, 0.1) is 5.92 Å². The van der Waals surface area contributed by atoms with E-state index >= 15 is 0 Å². The molecule has 2 N–H and O–H groups in total. The lowest BCUT2D eigenvalue weighted by Crippen LogP contribution is -2.37. The molecule has 4 rings (SSSR count). The number of hydrogen-bond donors (Lipinski definition) is 2. The van der Waals surface area contributed by atoms with Gasteiger partial charge in [-0.05, 0) is 55.2 Å². The normalized spacial score (nSPS) is 16.1. The van der Waals surface area contributed by atoms with Crippen molar-refractivity contribution >= 4 is 17.3 Å². The molecule has 1 fully saturated rings. The molecule has 1 aliphatic rings. The van der Waals surface area contributed by atoms with Crippen LogP contribution in [0.5, 0.6) is 11.5 Å². The summed E-state index contributed by atoms with van der Waals surface area (Å²) in [6.45, 7) is 1.61. The molecular formula is C23H24N4O3. The molecule has 1 aliphatic heterocycles. The van der Waals surface area contributed by atoms with E-state index in [4.69, 9.17) is 4.74 Å². The summed E-state index contributed by atoms with van der Waals surface area (Å²) in [7, 11) is 0. The smallest absolute Gasteiger partial charge is 0.266 e. The van der Waals surface area contributed by atoms with Gasteiger partial charge in [0, 0.05) is 31.3 Å². The first-order valence-electron chi connectivity index (χ1n) is 10.1. The molecule has 0 aliphatic carbocycles. The minimum Gasteiger partial charge on any atom is -0.457 e. The van der Waals surface area contributed by atoms with Crippen LogP contribution in [0.25, 0.3) is 0 Å². The second kappa shape index (κ2) is 9.26. The number of amides is 1. The Balaban J connectivity index is 1.30. The Morgan fingerprint density at radius 1 is 1.13 bits per heavy atom. The van der Waals surface area contributed by atoms with E-state index in [1.54, 1.807) is 12.3 Å². The maximum Gasteiger partial charge on any atom is 0.266 e. The fourth-order valence-electron chi connectivity index (χ4n) is 3.71. The minimum absolute atomic E-state index is 0.0115. The number of carbonyl (C=O) groups excluding carboxylic acids is 1. The lowest BCUT2D eigenvalue weighted by Gasteiger charge is -2.33. The molecule has 3 aromatic rings. The summed E-state index contributed by atoms with van der Waals surface area (Å²) in [4.78, 5) is 26.2. The Hall–Kier alpha value is -3.61. The second-order valence-electron chi connectivity index (χ2n) is 7.45. The summed E-state index contributed by atoms with van der Waals surface area (Å²) in [5.41, 5.74) is 1.33. The molecule has 154 valence electrons. The summed E-state index contributed by atoms with van der Waals surface area (Å²) in [6.07, 6.45) is 4.07. The monoisotopic (exact) mass is 404 g/mol. The Bertz CT molecular complexity index is 1030. The highest BCUT2D eigenvalue weighted by Gasteiger charge is 2.23. The molecule has 2 aromatic carbocycles. The number of para-hydroxylation sites is 1. The zero-order valence-corrected chi connectivity index (χ0v) is 16.6. The van der Waals surface area contributed by atoms with Crippen LogP contribution in [0.15, 0.2) is 71.7 Å². The zero-order valence-electron chi connectivity index (χ0n) is 16.6. The van der Waals surface area contributed by atoms with E-state index in [0.29, 0.717) is 12.2 Å². The first kappa shape index (κ1) is 19.7. The average molecular weight is 404 g/mol. The van der Waals surface area contributed by atoms with Crippen LogP contribution in [0.4, 0.5) is 11.4 Å². The number of piperidine rings is 1. The van der Waals surface area contributed by atoms with Crippen LogP contribution in [-0.2, 0) is 4.79 Å². The summed E-state index contributed by atoms with van der Waals surface area (Å²) in [5, 5.41) is 9.22. The van der Waals surface area contributed by atoms with Gasteiger partial charge in [0.2, 0.25) is 5.91 Å². The fraction of sp³-hybridized carbons (Fsp3) is 0.261. The van der Waals surface area contributed by atoms with Crippen molar-refractivity contribution in [2.75, 3.05) is 23.3 Å². The summed E-state index contributed by atoms with van der Waals surface area (Å²) >= 11 is 0. The van der Waals surface area contributed by atoms with Crippen LogP contribution in [0.3, 0.4) is 0 Å². The van der Waals surface area contributed by atoms with Gasteiger partial charge >= 0.3 is 0 Å². The molecule has 0 saturated carbocycles. The Labute approximate surface area is 174 Å². The van der Waals surface area contributed by atoms with Crippen LogP contribution in [0.2, 0.25) is 0 Å². The van der Waals surface area contributed by atoms with Gasteiger partial charge in [-0.25, -0.2) is 5.10 Å². The molecule has 1 aromatic heterocycles. The van der Waals surface area contributed by atoms with Crippen molar-refractivity contribution in [3.8, 4) is 11.5 Å². The van der Waals surface area contributed by atoms with E-state index in [0.717, 1.165) is 43.1 Å². The number of hydrogen-bond acceptors (Lipinski definition) is 5. The topological polar surface area (TPSA) is 87.3 Å². The maximum atomic E-state index is 12.5. The van der Waals surface area contributed by atoms with Gasteiger partial charge in [0.1, 0.15) is 11.5 Å². The van der Waals surface area contributed by atoms with Crippen LogP contribution >= 0.6 is 0 Å². The molecule has 1 unspecified atom stereocenters. The molecule has 7 heteroatoms. The highest BCUT2D eigenvalue weighted by molar-refractivity contribution is 5.90. The summed E-state index contributed by atoms with van der Waals surface area (Å²) in [6, 6.07) is 18.5. The lowest BCUT2D eigenvalue weighted by atomic mass is 9.94. The quantitative estimate of drug-likeness (QED) is 0.652. The zero-order chi connectivity index (χ0) is 20.8. The van der Waals surface area contributed by atoms with Gasteiger partial charge in [-0.1, -0.05) is 18.2 Å². The SMILES string of the molecule is O=C(CC1CCCN(c2cn[nH]c(=O)c2)C1)Nc1ccc(Oc2ccccc2)cc1. The first-order valence-corrected chi connectivity index (χ1v) is 10.1. The van der Waals surface area contributed by atoms with Crippen molar-refractivity contribution in [3.05, 3.63) is 77.2 Å². The van der Waals surface area contributed by atoms with Gasteiger partial charge in [0.15, 0.2) is 0 Å². The van der Waals surface area contributed by atoms with Gasteiger partial charge in [-0.2, -0.15) is 5.10 Å². The second-order valence-corrected chi connectivity index (χ2v) is 7.45. The van der Waals surface area contributed by atoms with Gasteiger partial charge in [0.05, 0.1) is 11.9 Å². The van der Waals surface area contributed by atoms with E-state index in [1.165, 1.54) is 0 Å². The third-order valence-electron chi connectivity index (χ3n) is 5.13. The van der Waals surface area contributed by atoms with Crippen LogP contribution in [-0.4, -0.2) is 29.2 Å². The minimum atomic E-state index is -0.216. The summed E-state index contributed by atoms with van der Waals surface area (Å²) in [5.74, 6) is 1.71. The number of aromatic amines is 1. The Kier molecular flexibility index (Phi) is 6.08. The molecule has 30 heavy (non-hydrogen) atoms. The number of aromatic nitrogens is 2. The van der Waals surface area contributed by atoms with Crippen molar-refractivity contribution in [3.63, 3.8) is 0 Å². The maximum absolute atomic E-state index is 12.5. The highest BCUT2D eigenvalue weighted by atomic mass is 16.5. The fourth-order valence-corrected chi connectivity index (χ4v) is 3.71. The molecule has 1 saturated heterocycles. The van der Waals surface area contributed by atoms with Gasteiger partial charge in [-0.3, -0.25) is 9.59 Å². The molecule has 0 spiro atoms.